The predicted molar refractivity (Wildman–Crippen MR) is 78.4 cm³/mol. The number of ether oxygens (including phenoxy) is 2. The number of hydrogen-bond donors (Lipinski definition) is 2. The van der Waals surface area contributed by atoms with Gasteiger partial charge in [-0.3, -0.25) is 0 Å². The van der Waals surface area contributed by atoms with Crippen molar-refractivity contribution in [3.8, 4) is 11.5 Å². The molecular weight excluding hydrogens is 240 g/mol. The summed E-state index contributed by atoms with van der Waals surface area (Å²) in [5.41, 5.74) is 2.24. The first-order chi connectivity index (χ1) is 9.24. The molecule has 1 fully saturated rings. The topological polar surface area (TPSA) is 42.5 Å². The number of benzene rings is 1. The lowest BCUT2D eigenvalue weighted by atomic mass is 9.98. The Morgan fingerprint density at radius 1 is 1.21 bits per heavy atom. The SMILES string of the molecule is COc1cc(C)c(NCC2CCNCC2)c(OC)c1. The third-order valence-corrected chi connectivity index (χ3v) is 3.75. The average Bonchev–Trinajstić information content (AvgIpc) is 2.46. The second-order valence-corrected chi connectivity index (χ2v) is 5.10. The average molecular weight is 264 g/mol. The fraction of sp³-hybridized carbons (Fsp3) is 0.600. The van der Waals surface area contributed by atoms with Gasteiger partial charge in [-0.25, -0.2) is 0 Å². The number of hydrogen-bond acceptors (Lipinski definition) is 4. The van der Waals surface area contributed by atoms with E-state index in [1.54, 1.807) is 14.2 Å². The zero-order chi connectivity index (χ0) is 13.7. The van der Waals surface area contributed by atoms with E-state index in [9.17, 15) is 0 Å². The number of piperidine rings is 1. The molecule has 0 atom stereocenters. The molecule has 0 spiro atoms. The monoisotopic (exact) mass is 264 g/mol. The normalized spacial score (nSPS) is 16.2. The van der Waals surface area contributed by atoms with Crippen LogP contribution in [0.3, 0.4) is 0 Å². The number of anilines is 1. The van der Waals surface area contributed by atoms with Crippen molar-refractivity contribution in [2.75, 3.05) is 39.2 Å². The standard InChI is InChI=1S/C15H24N2O2/c1-11-8-13(18-2)9-14(19-3)15(11)17-10-12-4-6-16-7-5-12/h8-9,12,16-17H,4-7,10H2,1-3H3. The summed E-state index contributed by atoms with van der Waals surface area (Å²) in [6.45, 7) is 5.34. The minimum absolute atomic E-state index is 0.743. The maximum absolute atomic E-state index is 5.45. The van der Waals surface area contributed by atoms with Crippen molar-refractivity contribution in [1.82, 2.24) is 5.32 Å². The van der Waals surface area contributed by atoms with Crippen molar-refractivity contribution in [3.05, 3.63) is 17.7 Å². The van der Waals surface area contributed by atoms with Crippen LogP contribution in [0.4, 0.5) is 5.69 Å². The fourth-order valence-electron chi connectivity index (χ4n) is 2.56. The van der Waals surface area contributed by atoms with Crippen LogP contribution in [0.15, 0.2) is 12.1 Å². The summed E-state index contributed by atoms with van der Waals surface area (Å²) in [5.74, 6) is 2.43. The fourth-order valence-corrected chi connectivity index (χ4v) is 2.56. The van der Waals surface area contributed by atoms with Crippen molar-refractivity contribution in [1.29, 1.82) is 0 Å². The first-order valence-electron chi connectivity index (χ1n) is 6.91. The molecule has 2 N–H and O–H groups in total. The maximum atomic E-state index is 5.45. The molecule has 2 rings (SSSR count). The van der Waals surface area contributed by atoms with Gasteiger partial charge in [0, 0.05) is 12.6 Å². The van der Waals surface area contributed by atoms with E-state index in [-0.39, 0.29) is 0 Å². The molecule has 0 aliphatic carbocycles. The highest BCUT2D eigenvalue weighted by atomic mass is 16.5. The van der Waals surface area contributed by atoms with Crippen molar-refractivity contribution in [2.45, 2.75) is 19.8 Å². The molecule has 1 aromatic carbocycles. The second kappa shape index (κ2) is 6.66. The highest BCUT2D eigenvalue weighted by Crippen LogP contribution is 2.33. The first-order valence-corrected chi connectivity index (χ1v) is 6.91. The lowest BCUT2D eigenvalue weighted by Crippen LogP contribution is -2.31. The van der Waals surface area contributed by atoms with Gasteiger partial charge in [0.15, 0.2) is 0 Å². The number of nitrogens with one attached hydrogen (secondary N) is 2. The van der Waals surface area contributed by atoms with E-state index >= 15 is 0 Å². The molecule has 0 aromatic heterocycles. The van der Waals surface area contributed by atoms with Crippen molar-refractivity contribution < 1.29 is 9.47 Å². The molecule has 4 heteroatoms. The van der Waals surface area contributed by atoms with Gasteiger partial charge < -0.3 is 20.1 Å². The summed E-state index contributed by atoms with van der Waals surface area (Å²) in [6, 6.07) is 3.96. The quantitative estimate of drug-likeness (QED) is 0.857. The first kappa shape index (κ1) is 14.0. The van der Waals surface area contributed by atoms with Crippen LogP contribution in [0.1, 0.15) is 18.4 Å². The molecule has 0 unspecified atom stereocenters. The number of methoxy groups -OCH3 is 2. The van der Waals surface area contributed by atoms with E-state index in [2.05, 4.69) is 17.6 Å². The van der Waals surface area contributed by atoms with Crippen LogP contribution < -0.4 is 20.1 Å². The minimum atomic E-state index is 0.743. The maximum Gasteiger partial charge on any atom is 0.145 e. The van der Waals surface area contributed by atoms with Crippen LogP contribution in [0.5, 0.6) is 11.5 Å². The Morgan fingerprint density at radius 2 is 1.95 bits per heavy atom. The summed E-state index contributed by atoms with van der Waals surface area (Å²) in [5, 5.41) is 6.94. The van der Waals surface area contributed by atoms with Crippen molar-refractivity contribution in [3.63, 3.8) is 0 Å². The minimum Gasteiger partial charge on any atom is -0.497 e. The lowest BCUT2D eigenvalue weighted by molar-refractivity contribution is 0.385. The van der Waals surface area contributed by atoms with Crippen LogP contribution >= 0.6 is 0 Å². The number of aryl methyl sites for hydroxylation is 1. The predicted octanol–water partition coefficient (Wildman–Crippen LogP) is 2.42. The molecule has 4 nitrogen and oxygen atoms in total. The largest absolute Gasteiger partial charge is 0.497 e. The van der Waals surface area contributed by atoms with Gasteiger partial charge in [-0.1, -0.05) is 0 Å². The summed E-state index contributed by atoms with van der Waals surface area (Å²) in [6.07, 6.45) is 2.48. The van der Waals surface area contributed by atoms with Crippen LogP contribution in [0.25, 0.3) is 0 Å². The molecule has 1 aliphatic rings. The molecule has 1 saturated heterocycles. The highest BCUT2D eigenvalue weighted by molar-refractivity contribution is 5.64. The molecule has 0 amide bonds. The van der Waals surface area contributed by atoms with E-state index < -0.39 is 0 Å². The van der Waals surface area contributed by atoms with Gasteiger partial charge in [0.25, 0.3) is 0 Å². The Kier molecular flexibility index (Phi) is 4.91. The van der Waals surface area contributed by atoms with Gasteiger partial charge >= 0.3 is 0 Å². The molecule has 1 aliphatic heterocycles. The zero-order valence-electron chi connectivity index (χ0n) is 12.1. The third-order valence-electron chi connectivity index (χ3n) is 3.75. The van der Waals surface area contributed by atoms with Crippen LogP contribution in [0.2, 0.25) is 0 Å². The van der Waals surface area contributed by atoms with Gasteiger partial charge in [0.2, 0.25) is 0 Å². The summed E-state index contributed by atoms with van der Waals surface area (Å²) in [7, 11) is 3.38. The highest BCUT2D eigenvalue weighted by Gasteiger charge is 2.15. The van der Waals surface area contributed by atoms with E-state index in [1.165, 1.54) is 12.8 Å². The van der Waals surface area contributed by atoms with E-state index in [4.69, 9.17) is 9.47 Å². The third kappa shape index (κ3) is 3.53. The van der Waals surface area contributed by atoms with Gasteiger partial charge in [-0.15, -0.1) is 0 Å². The Hall–Kier alpha value is -1.42. The smallest absolute Gasteiger partial charge is 0.145 e. The second-order valence-electron chi connectivity index (χ2n) is 5.10. The van der Waals surface area contributed by atoms with E-state index in [1.807, 2.05) is 12.1 Å². The molecule has 0 bridgehead atoms. The summed E-state index contributed by atoms with van der Waals surface area (Å²) >= 11 is 0. The number of rotatable bonds is 5. The molecule has 1 heterocycles. The van der Waals surface area contributed by atoms with Crippen LogP contribution in [0, 0.1) is 12.8 Å². The Bertz CT molecular complexity index is 415. The van der Waals surface area contributed by atoms with Crippen LogP contribution in [-0.2, 0) is 0 Å². The Balaban J connectivity index is 2.05. The van der Waals surface area contributed by atoms with E-state index in [0.29, 0.717) is 0 Å². The lowest BCUT2D eigenvalue weighted by Gasteiger charge is -2.24. The van der Waals surface area contributed by atoms with Gasteiger partial charge in [-0.05, 0) is 50.4 Å². The van der Waals surface area contributed by atoms with Gasteiger partial charge in [0.1, 0.15) is 11.5 Å². The molecule has 106 valence electrons. The Labute approximate surface area is 115 Å². The Morgan fingerprint density at radius 3 is 2.58 bits per heavy atom. The molecule has 0 radical (unpaired) electrons. The molecular formula is C15H24N2O2. The molecule has 1 aromatic rings. The summed E-state index contributed by atoms with van der Waals surface area (Å²) in [4.78, 5) is 0. The van der Waals surface area contributed by atoms with Crippen LogP contribution in [-0.4, -0.2) is 33.9 Å². The summed E-state index contributed by atoms with van der Waals surface area (Å²) < 4.78 is 10.7. The van der Waals surface area contributed by atoms with Gasteiger partial charge in [0.05, 0.1) is 19.9 Å². The molecule has 19 heavy (non-hydrogen) atoms. The zero-order valence-corrected chi connectivity index (χ0v) is 12.1. The van der Waals surface area contributed by atoms with Crippen molar-refractivity contribution >= 4 is 5.69 Å². The molecule has 0 saturated carbocycles. The van der Waals surface area contributed by atoms with Crippen molar-refractivity contribution in [2.24, 2.45) is 5.92 Å². The van der Waals surface area contributed by atoms with E-state index in [0.717, 1.165) is 48.3 Å². The van der Waals surface area contributed by atoms with Gasteiger partial charge in [-0.2, -0.15) is 0 Å².